The lowest BCUT2D eigenvalue weighted by atomic mass is 10.2. The van der Waals surface area contributed by atoms with Crippen LogP contribution in [0.5, 0.6) is 11.5 Å². The number of rotatable bonds is 6. The van der Waals surface area contributed by atoms with Crippen molar-refractivity contribution in [3.05, 3.63) is 52.3 Å². The van der Waals surface area contributed by atoms with Gasteiger partial charge in [-0.05, 0) is 30.7 Å². The summed E-state index contributed by atoms with van der Waals surface area (Å²) in [6, 6.07) is 8.86. The molecule has 2 aromatic heterocycles. The van der Waals surface area contributed by atoms with Crippen molar-refractivity contribution >= 4 is 17.6 Å². The van der Waals surface area contributed by atoms with Crippen molar-refractivity contribution < 1.29 is 14.3 Å². The minimum absolute atomic E-state index is 0.114. The van der Waals surface area contributed by atoms with E-state index in [4.69, 9.17) is 9.15 Å². The summed E-state index contributed by atoms with van der Waals surface area (Å²) in [6.45, 7) is 2.65. The van der Waals surface area contributed by atoms with E-state index >= 15 is 0 Å². The van der Waals surface area contributed by atoms with E-state index in [0.29, 0.717) is 23.7 Å². The van der Waals surface area contributed by atoms with Crippen LogP contribution in [0, 0.1) is 0 Å². The summed E-state index contributed by atoms with van der Waals surface area (Å²) in [5.74, 6) is 1.46. The lowest BCUT2D eigenvalue weighted by Gasteiger charge is -2.06. The van der Waals surface area contributed by atoms with Crippen molar-refractivity contribution in [3.63, 3.8) is 0 Å². The van der Waals surface area contributed by atoms with Crippen molar-refractivity contribution in [2.45, 2.75) is 13.3 Å². The summed E-state index contributed by atoms with van der Waals surface area (Å²) >= 11 is 1.47. The molecule has 0 atom stereocenters. The molecule has 1 aromatic carbocycles. The zero-order chi connectivity index (χ0) is 17.6. The second-order valence-electron chi connectivity index (χ2n) is 5.23. The van der Waals surface area contributed by atoms with Crippen LogP contribution in [0.2, 0.25) is 0 Å². The molecule has 6 nitrogen and oxygen atoms in total. The predicted molar refractivity (Wildman–Crippen MR) is 98.4 cm³/mol. The summed E-state index contributed by atoms with van der Waals surface area (Å²) in [4.78, 5) is 4.95. The Morgan fingerprint density at radius 1 is 1.36 bits per heavy atom. The van der Waals surface area contributed by atoms with E-state index < -0.39 is 0 Å². The maximum atomic E-state index is 10.2. The number of nitrogens with zero attached hydrogens (tertiary/aromatic N) is 3. The lowest BCUT2D eigenvalue weighted by molar-refractivity contribution is 0.315. The normalized spacial score (nSPS) is 12.2. The average molecular weight is 357 g/mol. The number of aromatic hydroxyl groups is 1. The van der Waals surface area contributed by atoms with Gasteiger partial charge >= 0.3 is 0 Å². The molecule has 0 saturated heterocycles. The van der Waals surface area contributed by atoms with Crippen LogP contribution in [0.3, 0.4) is 0 Å². The Hall–Kier alpha value is -2.80. The number of hydrogen-bond acceptors (Lipinski definition) is 6. The van der Waals surface area contributed by atoms with E-state index in [1.165, 1.54) is 11.3 Å². The molecule has 0 aliphatic carbocycles. The van der Waals surface area contributed by atoms with Crippen LogP contribution >= 0.6 is 11.3 Å². The fourth-order valence-corrected chi connectivity index (χ4v) is 3.00. The molecule has 0 unspecified atom stereocenters. The quantitative estimate of drug-likeness (QED) is 0.684. The van der Waals surface area contributed by atoms with E-state index in [9.17, 15) is 5.11 Å². The van der Waals surface area contributed by atoms with Crippen molar-refractivity contribution in [2.24, 2.45) is 10.1 Å². The minimum Gasteiger partial charge on any atom is -0.507 e. The predicted octanol–water partition coefficient (Wildman–Crippen LogP) is 3.72. The fraction of sp³-hybridized carbons (Fsp3) is 0.222. The molecule has 0 aliphatic rings. The zero-order valence-electron chi connectivity index (χ0n) is 14.0. The molecule has 1 N–H and O–H groups in total. The van der Waals surface area contributed by atoms with Gasteiger partial charge in [0.25, 0.3) is 0 Å². The molecule has 0 bridgehead atoms. The van der Waals surface area contributed by atoms with Crippen molar-refractivity contribution in [3.8, 4) is 23.0 Å². The third kappa shape index (κ3) is 3.83. The Morgan fingerprint density at radius 3 is 2.92 bits per heavy atom. The molecule has 0 amide bonds. The number of furan rings is 1. The third-order valence-corrected chi connectivity index (χ3v) is 4.34. The highest BCUT2D eigenvalue weighted by molar-refractivity contribution is 7.07. The Kier molecular flexibility index (Phi) is 5.35. The third-order valence-electron chi connectivity index (χ3n) is 3.44. The van der Waals surface area contributed by atoms with Crippen molar-refractivity contribution in [2.75, 3.05) is 13.7 Å². The van der Waals surface area contributed by atoms with Gasteiger partial charge in [-0.2, -0.15) is 5.10 Å². The van der Waals surface area contributed by atoms with E-state index in [1.807, 2.05) is 30.5 Å². The van der Waals surface area contributed by atoms with Crippen LogP contribution in [0.4, 0.5) is 0 Å². The molecule has 0 radical (unpaired) electrons. The first-order valence-corrected chi connectivity index (χ1v) is 8.78. The van der Waals surface area contributed by atoms with Gasteiger partial charge in [0.05, 0.1) is 19.1 Å². The van der Waals surface area contributed by atoms with Crippen LogP contribution in [0.1, 0.15) is 18.9 Å². The zero-order valence-corrected chi connectivity index (χ0v) is 14.9. The fourth-order valence-electron chi connectivity index (χ4n) is 2.22. The molecule has 0 saturated carbocycles. The molecule has 130 valence electrons. The summed E-state index contributed by atoms with van der Waals surface area (Å²) in [5.41, 5.74) is 1.39. The second kappa shape index (κ2) is 7.85. The first-order valence-electron chi connectivity index (χ1n) is 7.90. The molecule has 2 heterocycles. The molecular weight excluding hydrogens is 338 g/mol. The molecule has 3 aromatic rings. The van der Waals surface area contributed by atoms with Crippen LogP contribution < -0.4 is 9.54 Å². The second-order valence-corrected chi connectivity index (χ2v) is 6.07. The van der Waals surface area contributed by atoms with Crippen LogP contribution in [0.25, 0.3) is 11.5 Å². The largest absolute Gasteiger partial charge is 0.507 e. The Labute approximate surface area is 149 Å². The van der Waals surface area contributed by atoms with Crippen LogP contribution in [-0.4, -0.2) is 29.7 Å². The van der Waals surface area contributed by atoms with Gasteiger partial charge in [0.1, 0.15) is 17.2 Å². The van der Waals surface area contributed by atoms with Gasteiger partial charge in [-0.25, -0.2) is 4.68 Å². The standard InChI is InChI=1S/C18H19N3O3S/c1-3-8-23-14-7-6-13(16(22)10-14)11-20-21-15(12-25-18(21)19-2)17-5-4-9-24-17/h4-7,9-12,22H,3,8H2,1-2H3. The average Bonchev–Trinajstić information content (AvgIpc) is 3.28. The first kappa shape index (κ1) is 17.0. The molecular formula is C18H19N3O3S. The summed E-state index contributed by atoms with van der Waals surface area (Å²) in [5, 5.41) is 16.6. The highest BCUT2D eigenvalue weighted by Gasteiger charge is 2.09. The molecule has 25 heavy (non-hydrogen) atoms. The maximum absolute atomic E-state index is 10.2. The number of ether oxygens (including phenoxy) is 1. The van der Waals surface area contributed by atoms with E-state index in [-0.39, 0.29) is 5.75 Å². The summed E-state index contributed by atoms with van der Waals surface area (Å²) in [6.07, 6.45) is 4.12. The number of phenols is 1. The Balaban J connectivity index is 1.91. The van der Waals surface area contributed by atoms with Crippen LogP contribution in [-0.2, 0) is 0 Å². The van der Waals surface area contributed by atoms with Gasteiger partial charge < -0.3 is 14.3 Å². The minimum atomic E-state index is 0.114. The lowest BCUT2D eigenvalue weighted by Crippen LogP contribution is -2.11. The maximum Gasteiger partial charge on any atom is 0.206 e. The monoisotopic (exact) mass is 357 g/mol. The number of phenolic OH excluding ortho intramolecular Hbond substituents is 1. The number of benzene rings is 1. The van der Waals surface area contributed by atoms with Gasteiger partial charge in [-0.15, -0.1) is 11.3 Å². The molecule has 0 spiro atoms. The van der Waals surface area contributed by atoms with Gasteiger partial charge in [0, 0.05) is 24.1 Å². The topological polar surface area (TPSA) is 72.2 Å². The summed E-state index contributed by atoms with van der Waals surface area (Å²) in [7, 11) is 1.71. The Bertz CT molecular complexity index is 923. The number of aromatic nitrogens is 1. The molecule has 3 rings (SSSR count). The summed E-state index contributed by atoms with van der Waals surface area (Å²) < 4.78 is 12.6. The molecule has 0 aliphatic heterocycles. The smallest absolute Gasteiger partial charge is 0.206 e. The van der Waals surface area contributed by atoms with Crippen molar-refractivity contribution in [1.82, 2.24) is 4.68 Å². The van der Waals surface area contributed by atoms with E-state index in [1.54, 1.807) is 36.3 Å². The SMILES string of the molecule is CCCOc1ccc(C=Nn2c(-c3ccco3)csc2=NC)c(O)c1. The van der Waals surface area contributed by atoms with Gasteiger partial charge in [0.15, 0.2) is 5.76 Å². The molecule has 0 fully saturated rings. The van der Waals surface area contributed by atoms with Crippen LogP contribution in [0.15, 0.2) is 56.5 Å². The van der Waals surface area contributed by atoms with E-state index in [0.717, 1.165) is 16.9 Å². The number of hydrogen-bond donors (Lipinski definition) is 1. The highest BCUT2D eigenvalue weighted by Crippen LogP contribution is 2.23. The first-order chi connectivity index (χ1) is 12.2. The molecule has 7 heteroatoms. The highest BCUT2D eigenvalue weighted by atomic mass is 32.1. The van der Waals surface area contributed by atoms with Gasteiger partial charge in [-0.3, -0.25) is 4.99 Å². The van der Waals surface area contributed by atoms with Gasteiger partial charge in [0.2, 0.25) is 4.80 Å². The number of thiazole rings is 1. The van der Waals surface area contributed by atoms with Crippen molar-refractivity contribution in [1.29, 1.82) is 0 Å². The van der Waals surface area contributed by atoms with Gasteiger partial charge in [-0.1, -0.05) is 6.92 Å². The Morgan fingerprint density at radius 2 is 2.24 bits per heavy atom. The van der Waals surface area contributed by atoms with E-state index in [2.05, 4.69) is 10.1 Å².